The van der Waals surface area contributed by atoms with E-state index in [-0.39, 0.29) is 11.0 Å². The predicted molar refractivity (Wildman–Crippen MR) is 75.8 cm³/mol. The SMILES string of the molecule is O=C(Nc1nccs1)C1C(=O)Sc2ccc(Cl)cc21. The molecule has 1 N–H and O–H groups in total. The highest BCUT2D eigenvalue weighted by atomic mass is 35.5. The number of anilines is 1. The highest BCUT2D eigenvalue weighted by Crippen LogP contribution is 2.42. The van der Waals surface area contributed by atoms with Crippen LogP contribution in [0, 0.1) is 0 Å². The van der Waals surface area contributed by atoms with Gasteiger partial charge in [0.1, 0.15) is 5.92 Å². The summed E-state index contributed by atoms with van der Waals surface area (Å²) in [7, 11) is 0. The second-order valence-electron chi connectivity index (χ2n) is 3.86. The van der Waals surface area contributed by atoms with Gasteiger partial charge < -0.3 is 5.32 Å². The molecule has 96 valence electrons. The van der Waals surface area contributed by atoms with Crippen LogP contribution in [0.3, 0.4) is 0 Å². The van der Waals surface area contributed by atoms with E-state index in [4.69, 9.17) is 11.6 Å². The summed E-state index contributed by atoms with van der Waals surface area (Å²) in [5.74, 6) is -1.18. The summed E-state index contributed by atoms with van der Waals surface area (Å²) in [6, 6.07) is 5.14. The number of nitrogens with one attached hydrogen (secondary N) is 1. The summed E-state index contributed by atoms with van der Waals surface area (Å²) < 4.78 is 0. The van der Waals surface area contributed by atoms with Gasteiger partial charge in [-0.2, -0.15) is 0 Å². The largest absolute Gasteiger partial charge is 0.301 e. The van der Waals surface area contributed by atoms with E-state index in [0.717, 1.165) is 16.7 Å². The maximum atomic E-state index is 12.2. The van der Waals surface area contributed by atoms with Crippen molar-refractivity contribution >= 4 is 50.9 Å². The third-order valence-electron chi connectivity index (χ3n) is 2.65. The van der Waals surface area contributed by atoms with Crippen molar-refractivity contribution in [1.82, 2.24) is 4.98 Å². The number of halogens is 1. The van der Waals surface area contributed by atoms with Crippen molar-refractivity contribution in [2.45, 2.75) is 10.8 Å². The van der Waals surface area contributed by atoms with Crippen molar-refractivity contribution in [3.8, 4) is 0 Å². The molecule has 4 nitrogen and oxygen atoms in total. The van der Waals surface area contributed by atoms with Crippen molar-refractivity contribution < 1.29 is 9.59 Å². The Labute approximate surface area is 122 Å². The van der Waals surface area contributed by atoms with Gasteiger partial charge >= 0.3 is 0 Å². The fourth-order valence-corrected chi connectivity index (χ4v) is 3.55. The van der Waals surface area contributed by atoms with Crippen LogP contribution in [0.1, 0.15) is 11.5 Å². The summed E-state index contributed by atoms with van der Waals surface area (Å²) in [6.07, 6.45) is 1.59. The molecular weight excluding hydrogens is 304 g/mol. The van der Waals surface area contributed by atoms with Gasteiger partial charge in [-0.25, -0.2) is 4.98 Å². The minimum absolute atomic E-state index is 0.189. The molecule has 1 aromatic carbocycles. The lowest BCUT2D eigenvalue weighted by atomic mass is 10.00. The molecule has 1 amide bonds. The Kier molecular flexibility index (Phi) is 3.30. The minimum Gasteiger partial charge on any atom is -0.301 e. The van der Waals surface area contributed by atoms with E-state index in [1.807, 2.05) is 0 Å². The average molecular weight is 311 g/mol. The molecule has 1 aromatic heterocycles. The van der Waals surface area contributed by atoms with Crippen LogP contribution in [-0.4, -0.2) is 16.0 Å². The quantitative estimate of drug-likeness (QED) is 0.866. The zero-order valence-corrected chi connectivity index (χ0v) is 11.8. The van der Waals surface area contributed by atoms with Crippen molar-refractivity contribution in [2.75, 3.05) is 5.32 Å². The molecular formula is C12H7ClN2O2S2. The first-order valence-corrected chi connectivity index (χ1v) is 7.44. The van der Waals surface area contributed by atoms with Crippen molar-refractivity contribution in [3.63, 3.8) is 0 Å². The van der Waals surface area contributed by atoms with E-state index in [2.05, 4.69) is 10.3 Å². The van der Waals surface area contributed by atoms with Gasteiger partial charge in [-0.3, -0.25) is 9.59 Å². The van der Waals surface area contributed by atoms with Crippen molar-refractivity contribution in [2.24, 2.45) is 0 Å². The van der Waals surface area contributed by atoms with Crippen LogP contribution in [-0.2, 0) is 9.59 Å². The van der Waals surface area contributed by atoms with E-state index < -0.39 is 5.92 Å². The molecule has 0 fully saturated rings. The van der Waals surface area contributed by atoms with E-state index in [9.17, 15) is 9.59 Å². The Balaban J connectivity index is 1.91. The Morgan fingerprint density at radius 3 is 3.00 bits per heavy atom. The minimum atomic E-state index is -0.817. The number of rotatable bonds is 2. The average Bonchev–Trinajstić information content (AvgIpc) is 2.95. The molecule has 1 unspecified atom stereocenters. The first-order valence-electron chi connectivity index (χ1n) is 5.36. The summed E-state index contributed by atoms with van der Waals surface area (Å²) in [5.41, 5.74) is 0.663. The molecule has 1 aliphatic heterocycles. The summed E-state index contributed by atoms with van der Waals surface area (Å²) in [4.78, 5) is 28.9. The number of thioether (sulfide) groups is 1. The molecule has 19 heavy (non-hydrogen) atoms. The van der Waals surface area contributed by atoms with Crippen molar-refractivity contribution in [3.05, 3.63) is 40.4 Å². The van der Waals surface area contributed by atoms with Crippen LogP contribution < -0.4 is 5.32 Å². The van der Waals surface area contributed by atoms with Gasteiger partial charge in [0.25, 0.3) is 0 Å². The molecule has 0 bridgehead atoms. The molecule has 0 spiro atoms. The van der Waals surface area contributed by atoms with Gasteiger partial charge in [0.15, 0.2) is 5.13 Å². The topological polar surface area (TPSA) is 59.1 Å². The zero-order valence-electron chi connectivity index (χ0n) is 9.42. The second-order valence-corrected chi connectivity index (χ2v) is 6.24. The number of aromatic nitrogens is 1. The molecule has 3 rings (SSSR count). The van der Waals surface area contributed by atoms with E-state index in [1.165, 1.54) is 11.3 Å². The second kappa shape index (κ2) is 4.96. The molecule has 7 heteroatoms. The lowest BCUT2D eigenvalue weighted by Crippen LogP contribution is -2.23. The summed E-state index contributed by atoms with van der Waals surface area (Å²) in [6.45, 7) is 0. The van der Waals surface area contributed by atoms with Gasteiger partial charge in [-0.15, -0.1) is 11.3 Å². The maximum absolute atomic E-state index is 12.2. The standard InChI is InChI=1S/C12H7ClN2O2S2/c13-6-1-2-8-7(5-6)9(11(17)19-8)10(16)15-12-14-3-4-18-12/h1-5,9H,(H,14,15,16). The van der Waals surface area contributed by atoms with Crippen LogP contribution in [0.15, 0.2) is 34.7 Å². The van der Waals surface area contributed by atoms with Gasteiger partial charge in [-0.1, -0.05) is 23.4 Å². The molecule has 0 aliphatic carbocycles. The fourth-order valence-electron chi connectivity index (χ4n) is 1.84. The molecule has 0 saturated heterocycles. The number of hydrogen-bond acceptors (Lipinski definition) is 5. The smallest absolute Gasteiger partial charge is 0.242 e. The number of fused-ring (bicyclic) bond motifs is 1. The van der Waals surface area contributed by atoms with Gasteiger partial charge in [0, 0.05) is 21.5 Å². The number of hydrogen-bond donors (Lipinski definition) is 1. The van der Waals surface area contributed by atoms with Crippen LogP contribution >= 0.6 is 34.7 Å². The summed E-state index contributed by atoms with van der Waals surface area (Å²) >= 11 is 8.30. The third-order valence-corrected chi connectivity index (χ3v) is 4.61. The zero-order chi connectivity index (χ0) is 13.4. The highest BCUT2D eigenvalue weighted by Gasteiger charge is 2.37. The van der Waals surface area contributed by atoms with E-state index in [0.29, 0.717) is 15.7 Å². The van der Waals surface area contributed by atoms with E-state index in [1.54, 1.807) is 29.8 Å². The summed E-state index contributed by atoms with van der Waals surface area (Å²) in [5, 5.41) is 5.21. The molecule has 2 heterocycles. The van der Waals surface area contributed by atoms with Crippen LogP contribution in [0.4, 0.5) is 5.13 Å². The number of nitrogens with zero attached hydrogens (tertiary/aromatic N) is 1. The Bertz CT molecular complexity index is 658. The number of amides is 1. The van der Waals surface area contributed by atoms with Crippen LogP contribution in [0.5, 0.6) is 0 Å². The van der Waals surface area contributed by atoms with Crippen molar-refractivity contribution in [1.29, 1.82) is 0 Å². The maximum Gasteiger partial charge on any atom is 0.242 e. The lowest BCUT2D eigenvalue weighted by molar-refractivity contribution is -0.123. The number of thiazole rings is 1. The number of benzene rings is 1. The Morgan fingerprint density at radius 2 is 2.26 bits per heavy atom. The van der Waals surface area contributed by atoms with E-state index >= 15 is 0 Å². The molecule has 1 atom stereocenters. The fraction of sp³-hybridized carbons (Fsp3) is 0.0833. The normalized spacial score (nSPS) is 17.3. The third kappa shape index (κ3) is 2.39. The monoisotopic (exact) mass is 310 g/mol. The molecule has 0 radical (unpaired) electrons. The highest BCUT2D eigenvalue weighted by molar-refractivity contribution is 8.14. The molecule has 2 aromatic rings. The first-order chi connectivity index (χ1) is 9.15. The first kappa shape index (κ1) is 12.7. The van der Waals surface area contributed by atoms with Gasteiger partial charge in [0.05, 0.1) is 0 Å². The van der Waals surface area contributed by atoms with Crippen LogP contribution in [0.25, 0.3) is 0 Å². The van der Waals surface area contributed by atoms with Gasteiger partial charge in [0.2, 0.25) is 11.0 Å². The molecule has 1 aliphatic rings. The Hall–Kier alpha value is -1.37. The predicted octanol–water partition coefficient (Wildman–Crippen LogP) is 3.15. The Morgan fingerprint density at radius 1 is 1.42 bits per heavy atom. The van der Waals surface area contributed by atoms with Crippen LogP contribution in [0.2, 0.25) is 5.02 Å². The lowest BCUT2D eigenvalue weighted by Gasteiger charge is -2.08. The van der Waals surface area contributed by atoms with Gasteiger partial charge in [-0.05, 0) is 23.8 Å². The number of carbonyl (C=O) groups is 2. The number of carbonyl (C=O) groups excluding carboxylic acids is 2. The molecule has 0 saturated carbocycles.